The summed E-state index contributed by atoms with van der Waals surface area (Å²) in [6.45, 7) is 0. The van der Waals surface area contributed by atoms with Gasteiger partial charge in [0, 0.05) is 5.92 Å². The Hall–Kier alpha value is -1.58. The van der Waals surface area contributed by atoms with Crippen molar-refractivity contribution in [3.05, 3.63) is 29.6 Å². The number of aromatic hydroxyl groups is 1. The van der Waals surface area contributed by atoms with Gasteiger partial charge in [-0.2, -0.15) is 0 Å². The minimum atomic E-state index is -0.617. The van der Waals surface area contributed by atoms with Gasteiger partial charge in [-0.05, 0) is 30.4 Å². The maximum absolute atomic E-state index is 13.8. The molecule has 0 heterocycles. The zero-order valence-corrected chi connectivity index (χ0v) is 9.65. The summed E-state index contributed by atoms with van der Waals surface area (Å²) in [6, 6.07) is 4.53. The van der Waals surface area contributed by atoms with Gasteiger partial charge in [0.05, 0.1) is 13.5 Å². The van der Waals surface area contributed by atoms with Crippen molar-refractivity contribution in [1.29, 1.82) is 0 Å². The fourth-order valence-electron chi connectivity index (χ4n) is 2.12. The third kappa shape index (κ3) is 2.57. The first kappa shape index (κ1) is 11.9. The third-order valence-electron chi connectivity index (χ3n) is 3.21. The molecule has 1 aromatic carbocycles. The molecule has 0 aliphatic heterocycles. The fraction of sp³-hybridized carbons (Fsp3) is 0.462. The molecule has 0 radical (unpaired) electrons. The topological polar surface area (TPSA) is 46.5 Å². The van der Waals surface area contributed by atoms with Gasteiger partial charge in [0.1, 0.15) is 0 Å². The zero-order valence-electron chi connectivity index (χ0n) is 9.65. The minimum Gasteiger partial charge on any atom is -0.505 e. The van der Waals surface area contributed by atoms with Crippen LogP contribution in [0.2, 0.25) is 0 Å². The molecule has 0 bridgehead atoms. The van der Waals surface area contributed by atoms with Gasteiger partial charge in [0.15, 0.2) is 11.6 Å². The molecule has 0 aromatic heterocycles. The monoisotopic (exact) mass is 238 g/mol. The van der Waals surface area contributed by atoms with E-state index in [9.17, 15) is 14.3 Å². The number of esters is 1. The summed E-state index contributed by atoms with van der Waals surface area (Å²) in [5.41, 5.74) is 0.415. The SMILES string of the molecule is COC(=O)CC(c1cccc(O)c1F)C1CC1. The van der Waals surface area contributed by atoms with E-state index in [1.54, 1.807) is 12.1 Å². The fourth-order valence-corrected chi connectivity index (χ4v) is 2.12. The lowest BCUT2D eigenvalue weighted by molar-refractivity contribution is -0.141. The van der Waals surface area contributed by atoms with E-state index in [-0.39, 0.29) is 24.1 Å². The van der Waals surface area contributed by atoms with Crippen LogP contribution in [-0.2, 0) is 9.53 Å². The number of rotatable bonds is 4. The first-order chi connectivity index (χ1) is 8.13. The Morgan fingerprint density at radius 2 is 2.29 bits per heavy atom. The smallest absolute Gasteiger partial charge is 0.306 e. The number of ether oxygens (including phenoxy) is 1. The molecule has 1 aliphatic carbocycles. The van der Waals surface area contributed by atoms with Crippen LogP contribution in [0, 0.1) is 11.7 Å². The van der Waals surface area contributed by atoms with E-state index < -0.39 is 5.82 Å². The largest absolute Gasteiger partial charge is 0.505 e. The summed E-state index contributed by atoms with van der Waals surface area (Å²) in [5.74, 6) is -1.18. The van der Waals surface area contributed by atoms with Crippen molar-refractivity contribution < 1.29 is 19.0 Å². The molecule has 1 atom stereocenters. The Morgan fingerprint density at radius 1 is 1.59 bits per heavy atom. The van der Waals surface area contributed by atoms with Crippen LogP contribution in [0.4, 0.5) is 4.39 Å². The van der Waals surface area contributed by atoms with Gasteiger partial charge in [-0.1, -0.05) is 12.1 Å². The van der Waals surface area contributed by atoms with Crippen molar-refractivity contribution in [2.24, 2.45) is 5.92 Å². The van der Waals surface area contributed by atoms with Gasteiger partial charge in [0.2, 0.25) is 0 Å². The van der Waals surface area contributed by atoms with E-state index in [1.165, 1.54) is 13.2 Å². The van der Waals surface area contributed by atoms with Crippen molar-refractivity contribution >= 4 is 5.97 Å². The first-order valence-corrected chi connectivity index (χ1v) is 5.67. The molecule has 3 nitrogen and oxygen atoms in total. The highest BCUT2D eigenvalue weighted by molar-refractivity contribution is 5.70. The van der Waals surface area contributed by atoms with Gasteiger partial charge >= 0.3 is 5.97 Å². The normalized spacial score (nSPS) is 16.6. The van der Waals surface area contributed by atoms with Crippen LogP contribution in [0.25, 0.3) is 0 Å². The predicted molar refractivity (Wildman–Crippen MR) is 60.2 cm³/mol. The average molecular weight is 238 g/mol. The van der Waals surface area contributed by atoms with Crippen molar-refractivity contribution in [2.45, 2.75) is 25.2 Å². The molecule has 1 unspecified atom stereocenters. The van der Waals surface area contributed by atoms with Crippen molar-refractivity contribution in [3.8, 4) is 5.75 Å². The van der Waals surface area contributed by atoms with Crippen LogP contribution in [0.15, 0.2) is 18.2 Å². The number of carbonyl (C=O) groups excluding carboxylic acids is 1. The van der Waals surface area contributed by atoms with E-state index >= 15 is 0 Å². The van der Waals surface area contributed by atoms with Crippen LogP contribution < -0.4 is 0 Å². The molecule has 0 saturated heterocycles. The molecule has 1 fully saturated rings. The number of phenolic OH excluding ortho intramolecular Hbond substituents is 1. The van der Waals surface area contributed by atoms with Crippen molar-refractivity contribution in [2.75, 3.05) is 7.11 Å². The van der Waals surface area contributed by atoms with Crippen molar-refractivity contribution in [3.63, 3.8) is 0 Å². The van der Waals surface area contributed by atoms with E-state index in [0.29, 0.717) is 11.5 Å². The molecule has 17 heavy (non-hydrogen) atoms. The average Bonchev–Trinajstić information content (AvgIpc) is 3.14. The highest BCUT2D eigenvalue weighted by Crippen LogP contribution is 2.46. The summed E-state index contributed by atoms with van der Waals surface area (Å²) < 4.78 is 18.4. The lowest BCUT2D eigenvalue weighted by Crippen LogP contribution is -2.11. The number of phenols is 1. The zero-order chi connectivity index (χ0) is 12.4. The van der Waals surface area contributed by atoms with Gasteiger partial charge in [-0.25, -0.2) is 4.39 Å². The van der Waals surface area contributed by atoms with E-state index in [4.69, 9.17) is 0 Å². The number of benzene rings is 1. The molecule has 0 amide bonds. The Labute approximate surface area is 99.2 Å². The molecule has 1 aromatic rings. The Morgan fingerprint density at radius 3 is 2.88 bits per heavy atom. The van der Waals surface area contributed by atoms with Gasteiger partial charge in [-0.3, -0.25) is 4.79 Å². The summed E-state index contributed by atoms with van der Waals surface area (Å²) in [4.78, 5) is 11.3. The Bertz CT molecular complexity index is 427. The molecular weight excluding hydrogens is 223 g/mol. The number of halogens is 1. The molecule has 1 aliphatic rings. The quantitative estimate of drug-likeness (QED) is 0.820. The Kier molecular flexibility index (Phi) is 3.31. The summed E-state index contributed by atoms with van der Waals surface area (Å²) >= 11 is 0. The highest BCUT2D eigenvalue weighted by atomic mass is 19.1. The number of carbonyl (C=O) groups is 1. The number of hydrogen-bond donors (Lipinski definition) is 1. The molecule has 92 valence electrons. The standard InChI is InChI=1S/C13H15FO3/c1-17-12(16)7-10(8-5-6-8)9-3-2-4-11(15)13(9)14/h2-4,8,10,15H,5-7H2,1H3. The minimum absolute atomic E-state index is 0.168. The van der Waals surface area contributed by atoms with E-state index in [0.717, 1.165) is 12.8 Å². The third-order valence-corrected chi connectivity index (χ3v) is 3.21. The van der Waals surface area contributed by atoms with E-state index in [2.05, 4.69) is 4.74 Å². The first-order valence-electron chi connectivity index (χ1n) is 5.67. The molecule has 1 N–H and O–H groups in total. The van der Waals surface area contributed by atoms with Gasteiger partial charge in [-0.15, -0.1) is 0 Å². The van der Waals surface area contributed by atoms with Crippen LogP contribution >= 0.6 is 0 Å². The molecular formula is C13H15FO3. The lowest BCUT2D eigenvalue weighted by atomic mass is 9.90. The Balaban J connectivity index is 2.26. The van der Waals surface area contributed by atoms with Gasteiger partial charge in [0.25, 0.3) is 0 Å². The summed E-state index contributed by atoms with van der Waals surface area (Å²) in [5, 5.41) is 9.35. The number of hydrogen-bond acceptors (Lipinski definition) is 3. The van der Waals surface area contributed by atoms with Crippen molar-refractivity contribution in [1.82, 2.24) is 0 Å². The maximum Gasteiger partial charge on any atom is 0.306 e. The van der Waals surface area contributed by atoms with E-state index in [1.807, 2.05) is 0 Å². The predicted octanol–water partition coefficient (Wildman–Crippen LogP) is 2.59. The summed E-state index contributed by atoms with van der Waals surface area (Å²) in [7, 11) is 1.32. The second-order valence-electron chi connectivity index (χ2n) is 4.40. The summed E-state index contributed by atoms with van der Waals surface area (Å²) in [6.07, 6.45) is 2.16. The molecule has 2 rings (SSSR count). The molecule has 4 heteroatoms. The van der Waals surface area contributed by atoms with Crippen LogP contribution in [0.1, 0.15) is 30.7 Å². The highest BCUT2D eigenvalue weighted by Gasteiger charge is 2.35. The van der Waals surface area contributed by atoms with Gasteiger partial charge < -0.3 is 9.84 Å². The molecule has 1 saturated carbocycles. The van der Waals surface area contributed by atoms with Crippen LogP contribution in [0.5, 0.6) is 5.75 Å². The number of methoxy groups -OCH3 is 1. The second kappa shape index (κ2) is 4.73. The second-order valence-corrected chi connectivity index (χ2v) is 4.40. The van der Waals surface area contributed by atoms with Crippen LogP contribution in [-0.4, -0.2) is 18.2 Å². The van der Waals surface area contributed by atoms with Crippen LogP contribution in [0.3, 0.4) is 0 Å². The molecule has 0 spiro atoms. The lowest BCUT2D eigenvalue weighted by Gasteiger charge is -2.16. The maximum atomic E-state index is 13.8.